The van der Waals surface area contributed by atoms with Crippen molar-refractivity contribution in [3.63, 3.8) is 0 Å². The van der Waals surface area contributed by atoms with Gasteiger partial charge in [0, 0.05) is 31.6 Å². The summed E-state index contributed by atoms with van der Waals surface area (Å²) in [6.45, 7) is 3.57. The average molecular weight is 260 g/mol. The van der Waals surface area contributed by atoms with Crippen LogP contribution in [-0.2, 0) is 13.0 Å². The van der Waals surface area contributed by atoms with Gasteiger partial charge in [0.05, 0.1) is 5.69 Å². The molecule has 0 bridgehead atoms. The first kappa shape index (κ1) is 13.7. The highest BCUT2D eigenvalue weighted by Crippen LogP contribution is 2.19. The standard InChI is InChI=1S/C13H20N6/c1-19(2)7-3-5-16-13-10-9-15-6-4-11(10)17-12(8-14)18-13/h15H,3-7,9H2,1-2H3,(H,16,17,18). The van der Waals surface area contributed by atoms with Crippen molar-refractivity contribution in [2.45, 2.75) is 19.4 Å². The van der Waals surface area contributed by atoms with E-state index in [1.165, 1.54) is 0 Å². The first-order valence-electron chi connectivity index (χ1n) is 6.60. The number of hydrogen-bond acceptors (Lipinski definition) is 6. The lowest BCUT2D eigenvalue weighted by Gasteiger charge is -2.20. The molecule has 0 atom stereocenters. The van der Waals surface area contributed by atoms with E-state index in [-0.39, 0.29) is 5.82 Å². The van der Waals surface area contributed by atoms with Gasteiger partial charge in [0.15, 0.2) is 0 Å². The molecule has 1 aliphatic rings. The molecule has 0 spiro atoms. The van der Waals surface area contributed by atoms with Crippen molar-refractivity contribution in [2.24, 2.45) is 0 Å². The zero-order valence-electron chi connectivity index (χ0n) is 11.5. The average Bonchev–Trinajstić information content (AvgIpc) is 2.42. The minimum atomic E-state index is 0.260. The van der Waals surface area contributed by atoms with E-state index in [1.54, 1.807) is 0 Å². The second kappa shape index (κ2) is 6.45. The first-order chi connectivity index (χ1) is 9.20. The van der Waals surface area contributed by atoms with Gasteiger partial charge >= 0.3 is 0 Å². The fourth-order valence-corrected chi connectivity index (χ4v) is 2.14. The Labute approximate surface area is 113 Å². The molecule has 0 fully saturated rings. The van der Waals surface area contributed by atoms with Crippen LogP contribution in [0, 0.1) is 11.3 Å². The molecule has 1 aromatic rings. The maximum absolute atomic E-state index is 8.98. The summed E-state index contributed by atoms with van der Waals surface area (Å²) in [7, 11) is 4.12. The van der Waals surface area contributed by atoms with E-state index in [0.717, 1.165) is 56.1 Å². The summed E-state index contributed by atoms with van der Waals surface area (Å²) in [5.41, 5.74) is 2.11. The fraction of sp³-hybridized carbons (Fsp3) is 0.615. The SMILES string of the molecule is CN(C)CCCNc1nc(C#N)nc2c1CNCC2. The molecule has 0 aliphatic carbocycles. The number of hydrogen-bond donors (Lipinski definition) is 2. The van der Waals surface area contributed by atoms with Crippen LogP contribution in [-0.4, -0.2) is 48.6 Å². The zero-order chi connectivity index (χ0) is 13.7. The van der Waals surface area contributed by atoms with Gasteiger partial charge in [0.1, 0.15) is 11.9 Å². The third kappa shape index (κ3) is 3.63. The third-order valence-corrected chi connectivity index (χ3v) is 3.11. The molecule has 102 valence electrons. The summed E-state index contributed by atoms with van der Waals surface area (Å²) in [6.07, 6.45) is 1.90. The Hall–Kier alpha value is -1.71. The molecule has 2 heterocycles. The predicted molar refractivity (Wildman–Crippen MR) is 73.8 cm³/mol. The topological polar surface area (TPSA) is 76.9 Å². The molecule has 0 radical (unpaired) electrons. The Balaban J connectivity index is 2.08. The van der Waals surface area contributed by atoms with Crippen molar-refractivity contribution in [3.8, 4) is 6.07 Å². The maximum Gasteiger partial charge on any atom is 0.234 e. The van der Waals surface area contributed by atoms with Crippen molar-refractivity contribution >= 4 is 5.82 Å². The predicted octanol–water partition coefficient (Wildman–Crippen LogP) is 0.358. The number of nitriles is 1. The van der Waals surface area contributed by atoms with Crippen LogP contribution < -0.4 is 10.6 Å². The van der Waals surface area contributed by atoms with Gasteiger partial charge in [-0.3, -0.25) is 0 Å². The van der Waals surface area contributed by atoms with Gasteiger partial charge in [-0.05, 0) is 27.1 Å². The molecule has 1 aromatic heterocycles. The summed E-state index contributed by atoms with van der Waals surface area (Å²) in [5.74, 6) is 1.07. The van der Waals surface area contributed by atoms with Gasteiger partial charge in [0.2, 0.25) is 5.82 Å². The van der Waals surface area contributed by atoms with E-state index < -0.39 is 0 Å². The van der Waals surface area contributed by atoms with Gasteiger partial charge < -0.3 is 15.5 Å². The van der Waals surface area contributed by atoms with Gasteiger partial charge in [-0.2, -0.15) is 5.26 Å². The van der Waals surface area contributed by atoms with Crippen molar-refractivity contribution in [1.29, 1.82) is 5.26 Å². The quantitative estimate of drug-likeness (QED) is 0.744. The van der Waals surface area contributed by atoms with Crippen LogP contribution in [0.5, 0.6) is 0 Å². The second-order valence-electron chi connectivity index (χ2n) is 4.94. The molecule has 0 aromatic carbocycles. The molecular weight excluding hydrogens is 240 g/mol. The van der Waals surface area contributed by atoms with Crippen LogP contribution in [0.25, 0.3) is 0 Å². The number of rotatable bonds is 5. The van der Waals surface area contributed by atoms with Crippen LogP contribution in [0.4, 0.5) is 5.82 Å². The van der Waals surface area contributed by atoms with E-state index in [2.05, 4.69) is 39.6 Å². The molecule has 0 amide bonds. The summed E-state index contributed by atoms with van der Waals surface area (Å²) >= 11 is 0. The van der Waals surface area contributed by atoms with E-state index in [9.17, 15) is 0 Å². The summed E-state index contributed by atoms with van der Waals surface area (Å²) in [4.78, 5) is 10.7. The number of anilines is 1. The van der Waals surface area contributed by atoms with Gasteiger partial charge in [-0.25, -0.2) is 9.97 Å². The Morgan fingerprint density at radius 3 is 3.00 bits per heavy atom. The molecular formula is C13H20N6. The number of fused-ring (bicyclic) bond motifs is 1. The van der Waals surface area contributed by atoms with Crippen molar-refractivity contribution in [3.05, 3.63) is 17.1 Å². The monoisotopic (exact) mass is 260 g/mol. The summed E-state index contributed by atoms with van der Waals surface area (Å²) in [5, 5.41) is 15.6. The lowest BCUT2D eigenvalue weighted by Crippen LogP contribution is -2.27. The van der Waals surface area contributed by atoms with Crippen LogP contribution in [0.1, 0.15) is 23.5 Å². The minimum Gasteiger partial charge on any atom is -0.370 e. The molecule has 6 heteroatoms. The second-order valence-corrected chi connectivity index (χ2v) is 4.94. The summed E-state index contributed by atoms with van der Waals surface area (Å²) in [6, 6.07) is 2.04. The molecule has 0 saturated heterocycles. The van der Waals surface area contributed by atoms with E-state index in [0.29, 0.717) is 0 Å². The Morgan fingerprint density at radius 2 is 2.26 bits per heavy atom. The number of nitrogens with zero attached hydrogens (tertiary/aromatic N) is 4. The molecule has 1 aliphatic heterocycles. The lowest BCUT2D eigenvalue weighted by molar-refractivity contribution is 0.405. The fourth-order valence-electron chi connectivity index (χ4n) is 2.14. The van der Waals surface area contributed by atoms with Crippen LogP contribution in [0.15, 0.2) is 0 Å². The molecule has 6 nitrogen and oxygen atoms in total. The highest BCUT2D eigenvalue weighted by Gasteiger charge is 2.17. The van der Waals surface area contributed by atoms with Crippen LogP contribution >= 0.6 is 0 Å². The molecule has 19 heavy (non-hydrogen) atoms. The minimum absolute atomic E-state index is 0.260. The Bertz CT molecular complexity index is 477. The van der Waals surface area contributed by atoms with Crippen molar-refractivity contribution in [2.75, 3.05) is 39.0 Å². The van der Waals surface area contributed by atoms with E-state index in [1.807, 2.05) is 6.07 Å². The normalized spacial score (nSPS) is 14.0. The van der Waals surface area contributed by atoms with E-state index in [4.69, 9.17) is 5.26 Å². The Morgan fingerprint density at radius 1 is 1.42 bits per heavy atom. The van der Waals surface area contributed by atoms with Crippen LogP contribution in [0.2, 0.25) is 0 Å². The maximum atomic E-state index is 8.98. The molecule has 2 N–H and O–H groups in total. The van der Waals surface area contributed by atoms with Gasteiger partial charge in [0.25, 0.3) is 0 Å². The van der Waals surface area contributed by atoms with E-state index >= 15 is 0 Å². The molecule has 2 rings (SSSR count). The van der Waals surface area contributed by atoms with Gasteiger partial charge in [-0.15, -0.1) is 0 Å². The highest BCUT2D eigenvalue weighted by atomic mass is 15.1. The van der Waals surface area contributed by atoms with Crippen molar-refractivity contribution in [1.82, 2.24) is 20.2 Å². The molecule has 0 saturated carbocycles. The van der Waals surface area contributed by atoms with Crippen molar-refractivity contribution < 1.29 is 0 Å². The Kier molecular flexibility index (Phi) is 4.66. The highest BCUT2D eigenvalue weighted by molar-refractivity contribution is 5.48. The number of nitrogens with one attached hydrogen (secondary N) is 2. The molecule has 0 unspecified atom stereocenters. The smallest absolute Gasteiger partial charge is 0.234 e. The van der Waals surface area contributed by atoms with Crippen LogP contribution in [0.3, 0.4) is 0 Å². The largest absolute Gasteiger partial charge is 0.370 e. The first-order valence-corrected chi connectivity index (χ1v) is 6.60. The van der Waals surface area contributed by atoms with Gasteiger partial charge in [-0.1, -0.05) is 0 Å². The summed E-state index contributed by atoms with van der Waals surface area (Å²) < 4.78 is 0. The lowest BCUT2D eigenvalue weighted by atomic mass is 10.1. The zero-order valence-corrected chi connectivity index (χ0v) is 11.5. The third-order valence-electron chi connectivity index (χ3n) is 3.11. The number of aromatic nitrogens is 2.